The second-order valence-electron chi connectivity index (χ2n) is 4.06. The molecule has 1 aliphatic carbocycles. The molecule has 0 aliphatic heterocycles. The summed E-state index contributed by atoms with van der Waals surface area (Å²) in [6, 6.07) is 0. The van der Waals surface area contributed by atoms with Crippen molar-refractivity contribution in [3.05, 3.63) is 0 Å². The Morgan fingerprint density at radius 3 is 2.36 bits per heavy atom. The van der Waals surface area contributed by atoms with Crippen molar-refractivity contribution in [1.82, 2.24) is 4.90 Å². The van der Waals surface area contributed by atoms with Crippen LogP contribution < -0.4 is 0 Å². The molecule has 82 valence electrons. The van der Waals surface area contributed by atoms with E-state index in [2.05, 4.69) is 0 Å². The van der Waals surface area contributed by atoms with Gasteiger partial charge in [-0.25, -0.2) is 0 Å². The van der Waals surface area contributed by atoms with Gasteiger partial charge in [0.1, 0.15) is 0 Å². The molecular weight excluding hydrogens is 178 g/mol. The summed E-state index contributed by atoms with van der Waals surface area (Å²) in [5.41, 5.74) is 0. The molecular formula is C11H21NO2. The third kappa shape index (κ3) is 2.71. The zero-order valence-corrected chi connectivity index (χ0v) is 9.45. The Hall–Kier alpha value is -0.570. The van der Waals surface area contributed by atoms with E-state index in [0.29, 0.717) is 12.0 Å². The van der Waals surface area contributed by atoms with Gasteiger partial charge in [0.15, 0.2) is 0 Å². The molecule has 0 heterocycles. The van der Waals surface area contributed by atoms with Gasteiger partial charge in [-0.3, -0.25) is 4.79 Å². The van der Waals surface area contributed by atoms with Gasteiger partial charge in [-0.05, 0) is 32.6 Å². The normalized spacial score (nSPS) is 27.4. The molecule has 1 rings (SSSR count). The largest absolute Gasteiger partial charge is 0.381 e. The number of carbonyl (C=O) groups is 1. The van der Waals surface area contributed by atoms with Crippen molar-refractivity contribution >= 4 is 5.91 Å². The standard InChI is InChI=1S/C11H21NO2/c1-4-12(2)11(13)9-5-7-10(14-3)8-6-9/h9-10H,4-8H2,1-3H3. The molecule has 0 bridgehead atoms. The van der Waals surface area contributed by atoms with Gasteiger partial charge in [-0.1, -0.05) is 0 Å². The minimum Gasteiger partial charge on any atom is -0.381 e. The SMILES string of the molecule is CCN(C)C(=O)C1CCC(OC)CC1. The van der Waals surface area contributed by atoms with Gasteiger partial charge in [-0.15, -0.1) is 0 Å². The number of amides is 1. The first-order chi connectivity index (χ1) is 6.69. The van der Waals surface area contributed by atoms with Gasteiger partial charge in [0.2, 0.25) is 5.91 Å². The van der Waals surface area contributed by atoms with Gasteiger partial charge in [0.25, 0.3) is 0 Å². The third-order valence-electron chi connectivity index (χ3n) is 3.21. The molecule has 0 saturated heterocycles. The molecule has 3 heteroatoms. The zero-order valence-electron chi connectivity index (χ0n) is 9.45. The van der Waals surface area contributed by atoms with Crippen LogP contribution in [0.3, 0.4) is 0 Å². The molecule has 0 aromatic carbocycles. The Balaban J connectivity index is 2.37. The van der Waals surface area contributed by atoms with E-state index in [-0.39, 0.29) is 5.92 Å². The summed E-state index contributed by atoms with van der Waals surface area (Å²) in [6.07, 6.45) is 4.42. The molecule has 0 aromatic rings. The maximum atomic E-state index is 11.8. The summed E-state index contributed by atoms with van der Waals surface area (Å²) >= 11 is 0. The molecule has 0 N–H and O–H groups in total. The Kier molecular flexibility index (Phi) is 4.39. The highest BCUT2D eigenvalue weighted by Crippen LogP contribution is 2.26. The van der Waals surface area contributed by atoms with E-state index in [4.69, 9.17) is 4.74 Å². The van der Waals surface area contributed by atoms with E-state index >= 15 is 0 Å². The summed E-state index contributed by atoms with van der Waals surface area (Å²) in [5.74, 6) is 0.549. The predicted octanol–water partition coefficient (Wildman–Crippen LogP) is 1.67. The van der Waals surface area contributed by atoms with Crippen molar-refractivity contribution in [3.8, 4) is 0 Å². The summed E-state index contributed by atoms with van der Waals surface area (Å²) in [5, 5.41) is 0. The quantitative estimate of drug-likeness (QED) is 0.692. The Morgan fingerprint density at radius 2 is 1.93 bits per heavy atom. The van der Waals surface area contributed by atoms with Gasteiger partial charge in [0, 0.05) is 26.6 Å². The van der Waals surface area contributed by atoms with Crippen LogP contribution in [-0.4, -0.2) is 37.6 Å². The van der Waals surface area contributed by atoms with E-state index < -0.39 is 0 Å². The van der Waals surface area contributed by atoms with Crippen molar-refractivity contribution < 1.29 is 9.53 Å². The van der Waals surface area contributed by atoms with Crippen LogP contribution in [0.5, 0.6) is 0 Å². The van der Waals surface area contributed by atoms with Crippen LogP contribution in [-0.2, 0) is 9.53 Å². The second-order valence-corrected chi connectivity index (χ2v) is 4.06. The maximum Gasteiger partial charge on any atom is 0.225 e. The summed E-state index contributed by atoms with van der Waals surface area (Å²) < 4.78 is 5.28. The van der Waals surface area contributed by atoms with Crippen LogP contribution >= 0.6 is 0 Å². The fourth-order valence-electron chi connectivity index (χ4n) is 2.01. The molecule has 0 unspecified atom stereocenters. The average Bonchev–Trinajstić information content (AvgIpc) is 2.27. The molecule has 0 aromatic heterocycles. The lowest BCUT2D eigenvalue weighted by Gasteiger charge is -2.29. The number of methoxy groups -OCH3 is 1. The number of nitrogens with zero attached hydrogens (tertiary/aromatic N) is 1. The topological polar surface area (TPSA) is 29.5 Å². The number of carbonyl (C=O) groups excluding carboxylic acids is 1. The van der Waals surface area contributed by atoms with Crippen molar-refractivity contribution in [1.29, 1.82) is 0 Å². The Labute approximate surface area is 86.4 Å². The van der Waals surface area contributed by atoms with E-state index in [1.165, 1.54) is 0 Å². The minimum atomic E-state index is 0.242. The number of hydrogen-bond acceptors (Lipinski definition) is 2. The van der Waals surface area contributed by atoms with Gasteiger partial charge >= 0.3 is 0 Å². The van der Waals surface area contributed by atoms with Crippen LogP contribution in [0.4, 0.5) is 0 Å². The number of rotatable bonds is 3. The first-order valence-electron chi connectivity index (χ1n) is 5.46. The molecule has 1 fully saturated rings. The molecule has 1 aliphatic rings. The predicted molar refractivity (Wildman–Crippen MR) is 56.1 cm³/mol. The number of hydrogen-bond donors (Lipinski definition) is 0. The fraction of sp³-hybridized carbons (Fsp3) is 0.909. The van der Waals surface area contributed by atoms with Crippen LogP contribution in [0.2, 0.25) is 0 Å². The lowest BCUT2D eigenvalue weighted by atomic mass is 9.86. The van der Waals surface area contributed by atoms with Crippen LogP contribution in [0.15, 0.2) is 0 Å². The highest BCUT2D eigenvalue weighted by Gasteiger charge is 2.27. The molecule has 3 nitrogen and oxygen atoms in total. The highest BCUT2D eigenvalue weighted by atomic mass is 16.5. The van der Waals surface area contributed by atoms with Gasteiger partial charge in [-0.2, -0.15) is 0 Å². The zero-order chi connectivity index (χ0) is 10.6. The van der Waals surface area contributed by atoms with E-state index in [0.717, 1.165) is 32.2 Å². The average molecular weight is 199 g/mol. The highest BCUT2D eigenvalue weighted by molar-refractivity contribution is 5.78. The second kappa shape index (κ2) is 5.35. The molecule has 0 spiro atoms. The molecule has 0 atom stereocenters. The van der Waals surface area contributed by atoms with Gasteiger partial charge in [0.05, 0.1) is 6.10 Å². The molecule has 0 radical (unpaired) electrons. The first kappa shape index (κ1) is 11.5. The van der Waals surface area contributed by atoms with Crippen molar-refractivity contribution in [3.63, 3.8) is 0 Å². The van der Waals surface area contributed by atoms with Crippen molar-refractivity contribution in [2.75, 3.05) is 20.7 Å². The maximum absolute atomic E-state index is 11.8. The van der Waals surface area contributed by atoms with Crippen LogP contribution in [0, 0.1) is 5.92 Å². The fourth-order valence-corrected chi connectivity index (χ4v) is 2.01. The smallest absolute Gasteiger partial charge is 0.225 e. The van der Waals surface area contributed by atoms with Gasteiger partial charge < -0.3 is 9.64 Å². The molecule has 14 heavy (non-hydrogen) atoms. The lowest BCUT2D eigenvalue weighted by Crippen LogP contribution is -2.35. The Morgan fingerprint density at radius 1 is 1.36 bits per heavy atom. The van der Waals surface area contributed by atoms with E-state index in [1.807, 2.05) is 18.9 Å². The van der Waals surface area contributed by atoms with Crippen LogP contribution in [0.1, 0.15) is 32.6 Å². The van der Waals surface area contributed by atoms with Crippen LogP contribution in [0.25, 0.3) is 0 Å². The minimum absolute atomic E-state index is 0.242. The summed E-state index contributed by atoms with van der Waals surface area (Å²) in [6.45, 7) is 2.82. The van der Waals surface area contributed by atoms with Crippen molar-refractivity contribution in [2.45, 2.75) is 38.7 Å². The molecule has 1 amide bonds. The summed E-state index contributed by atoms with van der Waals surface area (Å²) in [4.78, 5) is 13.6. The third-order valence-corrected chi connectivity index (χ3v) is 3.21. The van der Waals surface area contributed by atoms with Crippen molar-refractivity contribution in [2.24, 2.45) is 5.92 Å². The number of ether oxygens (including phenoxy) is 1. The summed E-state index contributed by atoms with van der Waals surface area (Å²) in [7, 11) is 3.63. The Bertz CT molecular complexity index is 186. The van der Waals surface area contributed by atoms with E-state index in [1.54, 1.807) is 7.11 Å². The first-order valence-corrected chi connectivity index (χ1v) is 5.46. The van der Waals surface area contributed by atoms with E-state index in [9.17, 15) is 4.79 Å². The monoisotopic (exact) mass is 199 g/mol. The molecule has 1 saturated carbocycles. The lowest BCUT2D eigenvalue weighted by molar-refractivity contribution is -0.135.